The van der Waals surface area contributed by atoms with Crippen molar-refractivity contribution in [2.75, 3.05) is 29.4 Å². The number of carbonyl (C=O) groups is 1. The predicted octanol–water partition coefficient (Wildman–Crippen LogP) is 4.04. The third-order valence-electron chi connectivity index (χ3n) is 5.37. The highest BCUT2D eigenvalue weighted by molar-refractivity contribution is 6.08. The molecule has 0 saturated carbocycles. The van der Waals surface area contributed by atoms with Gasteiger partial charge in [-0.25, -0.2) is 0 Å². The zero-order valence-electron chi connectivity index (χ0n) is 14.5. The molecular weight excluding hydrogens is 296 g/mol. The lowest BCUT2D eigenvalue weighted by Crippen LogP contribution is -2.29. The van der Waals surface area contributed by atoms with Crippen LogP contribution in [0.3, 0.4) is 0 Å². The predicted molar refractivity (Wildman–Crippen MR) is 99.0 cm³/mol. The maximum absolute atomic E-state index is 12.9. The van der Waals surface area contributed by atoms with E-state index >= 15 is 0 Å². The number of anilines is 2. The summed E-state index contributed by atoms with van der Waals surface area (Å²) in [5, 5.41) is 0. The van der Waals surface area contributed by atoms with Gasteiger partial charge in [0.1, 0.15) is 0 Å². The highest BCUT2D eigenvalue weighted by atomic mass is 16.2. The van der Waals surface area contributed by atoms with Gasteiger partial charge in [0.15, 0.2) is 0 Å². The number of hydrogen-bond acceptors (Lipinski definition) is 2. The van der Waals surface area contributed by atoms with Crippen LogP contribution in [-0.2, 0) is 6.42 Å². The van der Waals surface area contributed by atoms with Crippen LogP contribution in [0.4, 0.5) is 11.4 Å². The minimum atomic E-state index is 0.120. The first kappa shape index (κ1) is 15.3. The van der Waals surface area contributed by atoms with Gasteiger partial charge in [-0.2, -0.15) is 0 Å². The molecule has 0 N–H and O–H groups in total. The molecule has 1 unspecified atom stereocenters. The van der Waals surface area contributed by atoms with E-state index in [0.717, 1.165) is 48.8 Å². The van der Waals surface area contributed by atoms with E-state index in [0.29, 0.717) is 0 Å². The Morgan fingerprint density at radius 3 is 2.71 bits per heavy atom. The van der Waals surface area contributed by atoms with Crippen LogP contribution in [0, 0.1) is 12.8 Å². The lowest BCUT2D eigenvalue weighted by molar-refractivity contribution is 0.0989. The summed E-state index contributed by atoms with van der Waals surface area (Å²) in [7, 11) is 0. The van der Waals surface area contributed by atoms with E-state index < -0.39 is 0 Å². The van der Waals surface area contributed by atoms with Crippen LogP contribution < -0.4 is 9.80 Å². The molecule has 3 nitrogen and oxygen atoms in total. The number of benzene rings is 2. The van der Waals surface area contributed by atoms with Crippen LogP contribution in [0.2, 0.25) is 0 Å². The Hall–Kier alpha value is -2.29. The van der Waals surface area contributed by atoms with Crippen LogP contribution in [0.15, 0.2) is 42.5 Å². The minimum Gasteiger partial charge on any atom is -0.371 e. The quantitative estimate of drug-likeness (QED) is 0.833. The summed E-state index contributed by atoms with van der Waals surface area (Å²) in [6.07, 6.45) is 2.22. The first-order valence-electron chi connectivity index (χ1n) is 8.89. The largest absolute Gasteiger partial charge is 0.371 e. The van der Waals surface area contributed by atoms with E-state index in [1.54, 1.807) is 0 Å². The number of fused-ring (bicyclic) bond motifs is 1. The molecule has 1 atom stereocenters. The maximum Gasteiger partial charge on any atom is 0.258 e. The van der Waals surface area contributed by atoms with Crippen molar-refractivity contribution in [2.45, 2.75) is 26.7 Å². The summed E-state index contributed by atoms with van der Waals surface area (Å²) in [5.74, 6) is 0.895. The molecule has 4 rings (SSSR count). The van der Waals surface area contributed by atoms with Gasteiger partial charge in [0.05, 0.1) is 0 Å². The van der Waals surface area contributed by atoms with Crippen LogP contribution in [0.5, 0.6) is 0 Å². The van der Waals surface area contributed by atoms with E-state index in [1.165, 1.54) is 17.7 Å². The monoisotopic (exact) mass is 320 g/mol. The number of carbonyl (C=O) groups excluding carboxylic acids is 1. The van der Waals surface area contributed by atoms with Crippen molar-refractivity contribution in [2.24, 2.45) is 5.92 Å². The zero-order valence-corrected chi connectivity index (χ0v) is 14.5. The van der Waals surface area contributed by atoms with E-state index in [-0.39, 0.29) is 5.91 Å². The molecule has 0 aliphatic carbocycles. The van der Waals surface area contributed by atoms with Gasteiger partial charge in [-0.05, 0) is 61.1 Å². The molecule has 1 saturated heterocycles. The van der Waals surface area contributed by atoms with Gasteiger partial charge in [0.25, 0.3) is 5.91 Å². The summed E-state index contributed by atoms with van der Waals surface area (Å²) in [4.78, 5) is 17.3. The molecule has 2 aliphatic heterocycles. The molecule has 0 aromatic heterocycles. The normalized spacial score (nSPS) is 19.7. The molecule has 2 aromatic carbocycles. The lowest BCUT2D eigenvalue weighted by atomic mass is 10.1. The molecule has 24 heavy (non-hydrogen) atoms. The van der Waals surface area contributed by atoms with Crippen LogP contribution in [-0.4, -0.2) is 25.5 Å². The Labute approximate surface area is 143 Å². The maximum atomic E-state index is 12.9. The Kier molecular flexibility index (Phi) is 3.79. The molecule has 2 heterocycles. The first-order valence-corrected chi connectivity index (χ1v) is 8.89. The second-order valence-corrected chi connectivity index (χ2v) is 7.17. The third kappa shape index (κ3) is 2.58. The molecule has 2 aliphatic rings. The Balaban J connectivity index is 1.61. The van der Waals surface area contributed by atoms with Gasteiger partial charge in [0, 0.05) is 36.6 Å². The van der Waals surface area contributed by atoms with E-state index in [1.807, 2.05) is 36.1 Å². The Bertz CT molecular complexity index is 783. The summed E-state index contributed by atoms with van der Waals surface area (Å²) >= 11 is 0. The molecule has 1 fully saturated rings. The van der Waals surface area contributed by atoms with Gasteiger partial charge >= 0.3 is 0 Å². The number of hydrogen-bond donors (Lipinski definition) is 0. The van der Waals surface area contributed by atoms with Crippen molar-refractivity contribution in [3.63, 3.8) is 0 Å². The Morgan fingerprint density at radius 2 is 1.96 bits per heavy atom. The van der Waals surface area contributed by atoms with Gasteiger partial charge < -0.3 is 9.80 Å². The fourth-order valence-corrected chi connectivity index (χ4v) is 3.92. The molecule has 1 amide bonds. The average molecular weight is 320 g/mol. The number of amides is 1. The second kappa shape index (κ2) is 5.97. The smallest absolute Gasteiger partial charge is 0.258 e. The molecule has 0 bridgehead atoms. The summed E-state index contributed by atoms with van der Waals surface area (Å²) in [6.45, 7) is 7.39. The molecular formula is C21H24N2O. The van der Waals surface area contributed by atoms with E-state index in [4.69, 9.17) is 0 Å². The topological polar surface area (TPSA) is 23.6 Å². The highest BCUT2D eigenvalue weighted by Gasteiger charge is 2.27. The van der Waals surface area contributed by atoms with Crippen molar-refractivity contribution in [3.05, 3.63) is 59.2 Å². The van der Waals surface area contributed by atoms with Crippen LogP contribution in [0.25, 0.3) is 0 Å². The third-order valence-corrected chi connectivity index (χ3v) is 5.37. The van der Waals surface area contributed by atoms with Gasteiger partial charge in [-0.1, -0.05) is 25.1 Å². The van der Waals surface area contributed by atoms with Crippen molar-refractivity contribution in [1.29, 1.82) is 0 Å². The summed E-state index contributed by atoms with van der Waals surface area (Å²) in [5.41, 5.74) is 5.54. The van der Waals surface area contributed by atoms with Crippen molar-refractivity contribution >= 4 is 17.3 Å². The van der Waals surface area contributed by atoms with Crippen LogP contribution >= 0.6 is 0 Å². The summed E-state index contributed by atoms with van der Waals surface area (Å²) in [6, 6.07) is 14.5. The van der Waals surface area contributed by atoms with Crippen molar-refractivity contribution < 1.29 is 4.79 Å². The number of rotatable bonds is 2. The molecule has 0 radical (unpaired) electrons. The molecule has 2 aromatic rings. The zero-order chi connectivity index (χ0) is 16.7. The van der Waals surface area contributed by atoms with Gasteiger partial charge in [-0.3, -0.25) is 4.79 Å². The highest BCUT2D eigenvalue weighted by Crippen LogP contribution is 2.34. The number of aryl methyl sites for hydroxylation is 1. The first-order chi connectivity index (χ1) is 11.6. The fraction of sp³-hybridized carbons (Fsp3) is 0.381. The standard InChI is InChI=1S/C21H24N2O/c1-15-9-11-22(14-15)18-7-8-20-17(13-18)10-12-23(20)21(24)19-6-4-3-5-16(19)2/h3-8,13,15H,9-12,14H2,1-2H3. The SMILES string of the molecule is Cc1ccccc1C(=O)N1CCc2cc(N3CCC(C)C3)ccc21. The van der Waals surface area contributed by atoms with Crippen LogP contribution in [0.1, 0.15) is 34.8 Å². The van der Waals surface area contributed by atoms with Crippen molar-refractivity contribution in [3.8, 4) is 0 Å². The summed E-state index contributed by atoms with van der Waals surface area (Å²) < 4.78 is 0. The lowest BCUT2D eigenvalue weighted by Gasteiger charge is -2.21. The minimum absolute atomic E-state index is 0.120. The Morgan fingerprint density at radius 1 is 1.12 bits per heavy atom. The fourth-order valence-electron chi connectivity index (χ4n) is 3.92. The number of nitrogens with zero attached hydrogens (tertiary/aromatic N) is 2. The molecule has 0 spiro atoms. The molecule has 3 heteroatoms. The van der Waals surface area contributed by atoms with Gasteiger partial charge in [-0.15, -0.1) is 0 Å². The van der Waals surface area contributed by atoms with E-state index in [2.05, 4.69) is 30.0 Å². The van der Waals surface area contributed by atoms with Crippen molar-refractivity contribution in [1.82, 2.24) is 0 Å². The van der Waals surface area contributed by atoms with E-state index in [9.17, 15) is 4.79 Å². The second-order valence-electron chi connectivity index (χ2n) is 7.17. The molecule has 124 valence electrons. The van der Waals surface area contributed by atoms with Gasteiger partial charge in [0.2, 0.25) is 0 Å². The average Bonchev–Trinajstić information content (AvgIpc) is 3.20.